The van der Waals surface area contributed by atoms with Crippen molar-refractivity contribution in [2.24, 2.45) is 5.92 Å². The van der Waals surface area contributed by atoms with Gasteiger partial charge in [-0.15, -0.1) is 0 Å². The molecule has 1 aliphatic rings. The summed E-state index contributed by atoms with van der Waals surface area (Å²) in [5.74, 6) is -0.553. The van der Waals surface area contributed by atoms with Gasteiger partial charge in [0.1, 0.15) is 5.78 Å². The fourth-order valence-electron chi connectivity index (χ4n) is 2.53. The molecule has 0 radical (unpaired) electrons. The first-order valence-electron chi connectivity index (χ1n) is 6.78. The Morgan fingerprint density at radius 3 is 2.12 bits per heavy atom. The Morgan fingerprint density at radius 1 is 1.12 bits per heavy atom. The topological polar surface area (TPSA) is 34.1 Å². The minimum atomic E-state index is -1.79. The molecule has 0 aromatic carbocycles. The summed E-state index contributed by atoms with van der Waals surface area (Å²) in [6.45, 7) is 3.32. The van der Waals surface area contributed by atoms with Crippen molar-refractivity contribution in [3.63, 3.8) is 0 Å². The summed E-state index contributed by atoms with van der Waals surface area (Å²) in [6.07, 6.45) is 5.19. The van der Waals surface area contributed by atoms with E-state index >= 15 is 0 Å². The number of halogens is 1. The molecule has 17 heavy (non-hydrogen) atoms. The minimum Gasteiger partial charge on any atom is -0.299 e. The standard InChI is InChI=1S/C14H23FO2/c1-3-14(15,4-2)13(17)10-12(16)11-8-6-5-7-9-11/h11H,3-10H2,1-2H3. The third-order valence-electron chi connectivity index (χ3n) is 4.02. The van der Waals surface area contributed by atoms with Gasteiger partial charge in [-0.3, -0.25) is 9.59 Å². The number of rotatable bonds is 6. The van der Waals surface area contributed by atoms with Gasteiger partial charge in [0.05, 0.1) is 6.42 Å². The van der Waals surface area contributed by atoms with Crippen molar-refractivity contribution in [2.45, 2.75) is 70.9 Å². The number of carbonyl (C=O) groups is 2. The minimum absolute atomic E-state index is 0.00524. The Balaban J connectivity index is 2.52. The van der Waals surface area contributed by atoms with Crippen LogP contribution in [0, 0.1) is 5.92 Å². The van der Waals surface area contributed by atoms with E-state index in [9.17, 15) is 14.0 Å². The molecule has 2 nitrogen and oxygen atoms in total. The van der Waals surface area contributed by atoms with Gasteiger partial charge in [0.2, 0.25) is 0 Å². The lowest BCUT2D eigenvalue weighted by Crippen LogP contribution is -2.35. The van der Waals surface area contributed by atoms with Crippen molar-refractivity contribution in [3.8, 4) is 0 Å². The third-order valence-corrected chi connectivity index (χ3v) is 4.02. The Morgan fingerprint density at radius 2 is 1.65 bits per heavy atom. The number of ketones is 2. The average Bonchev–Trinajstić information content (AvgIpc) is 2.38. The highest BCUT2D eigenvalue weighted by Crippen LogP contribution is 2.28. The average molecular weight is 242 g/mol. The second kappa shape index (κ2) is 6.27. The van der Waals surface area contributed by atoms with Crippen molar-refractivity contribution in [2.75, 3.05) is 0 Å². The van der Waals surface area contributed by atoms with Crippen molar-refractivity contribution in [1.29, 1.82) is 0 Å². The zero-order valence-electron chi connectivity index (χ0n) is 10.9. The number of alkyl halides is 1. The highest BCUT2D eigenvalue weighted by molar-refractivity contribution is 6.03. The van der Waals surface area contributed by atoms with Gasteiger partial charge < -0.3 is 0 Å². The number of hydrogen-bond donors (Lipinski definition) is 0. The molecule has 98 valence electrons. The first kappa shape index (κ1) is 14.3. The Bertz CT molecular complexity index is 276. The van der Waals surface area contributed by atoms with E-state index in [0.29, 0.717) is 0 Å². The molecule has 0 amide bonds. The fourth-order valence-corrected chi connectivity index (χ4v) is 2.53. The van der Waals surface area contributed by atoms with E-state index < -0.39 is 11.5 Å². The molecule has 0 atom stereocenters. The van der Waals surface area contributed by atoms with E-state index in [2.05, 4.69) is 0 Å². The highest BCUT2D eigenvalue weighted by Gasteiger charge is 2.36. The molecule has 0 bridgehead atoms. The zero-order valence-corrected chi connectivity index (χ0v) is 10.9. The van der Waals surface area contributed by atoms with Crippen LogP contribution in [0.1, 0.15) is 65.2 Å². The first-order chi connectivity index (χ1) is 8.03. The number of Topliss-reactive ketones (excluding diaryl/α,β-unsaturated/α-hetero) is 2. The molecule has 1 saturated carbocycles. The summed E-state index contributed by atoms with van der Waals surface area (Å²) in [4.78, 5) is 23.7. The van der Waals surface area contributed by atoms with Gasteiger partial charge in [-0.2, -0.15) is 0 Å². The normalized spacial score (nSPS) is 18.1. The van der Waals surface area contributed by atoms with E-state index in [-0.39, 0.29) is 31.0 Å². The van der Waals surface area contributed by atoms with E-state index in [1.807, 2.05) is 0 Å². The molecule has 1 rings (SSSR count). The Kier molecular flexibility index (Phi) is 5.29. The van der Waals surface area contributed by atoms with Gasteiger partial charge >= 0.3 is 0 Å². The van der Waals surface area contributed by atoms with Gasteiger partial charge in [0.15, 0.2) is 11.5 Å². The summed E-state index contributed by atoms with van der Waals surface area (Å²) >= 11 is 0. The summed E-state index contributed by atoms with van der Waals surface area (Å²) in [5.41, 5.74) is -1.79. The van der Waals surface area contributed by atoms with E-state index in [1.54, 1.807) is 13.8 Å². The molecule has 0 spiro atoms. The van der Waals surface area contributed by atoms with Crippen molar-refractivity contribution < 1.29 is 14.0 Å². The first-order valence-corrected chi connectivity index (χ1v) is 6.78. The highest BCUT2D eigenvalue weighted by atomic mass is 19.1. The van der Waals surface area contributed by atoms with Crippen molar-refractivity contribution in [1.82, 2.24) is 0 Å². The number of hydrogen-bond acceptors (Lipinski definition) is 2. The number of carbonyl (C=O) groups excluding carboxylic acids is 2. The van der Waals surface area contributed by atoms with Crippen molar-refractivity contribution >= 4 is 11.6 Å². The quantitative estimate of drug-likeness (QED) is 0.667. The second-order valence-electron chi connectivity index (χ2n) is 5.07. The van der Waals surface area contributed by atoms with Crippen LogP contribution < -0.4 is 0 Å². The maximum atomic E-state index is 14.1. The lowest BCUT2D eigenvalue weighted by atomic mass is 9.82. The Labute approximate surface area is 103 Å². The zero-order chi connectivity index (χ0) is 12.9. The monoisotopic (exact) mass is 242 g/mol. The second-order valence-corrected chi connectivity index (χ2v) is 5.07. The molecular formula is C14H23FO2. The van der Waals surface area contributed by atoms with Crippen LogP contribution in [-0.2, 0) is 9.59 Å². The van der Waals surface area contributed by atoms with Crippen LogP contribution in [0.5, 0.6) is 0 Å². The molecule has 0 aromatic heterocycles. The van der Waals surface area contributed by atoms with Crippen LogP contribution in [-0.4, -0.2) is 17.2 Å². The maximum absolute atomic E-state index is 14.1. The van der Waals surface area contributed by atoms with Crippen LogP contribution in [0.2, 0.25) is 0 Å². The smallest absolute Gasteiger partial charge is 0.177 e. The van der Waals surface area contributed by atoms with Gasteiger partial charge in [0.25, 0.3) is 0 Å². The predicted molar refractivity (Wildman–Crippen MR) is 65.6 cm³/mol. The molecule has 0 saturated heterocycles. The summed E-state index contributed by atoms with van der Waals surface area (Å²) < 4.78 is 14.1. The molecule has 0 N–H and O–H groups in total. The molecule has 1 aliphatic carbocycles. The molecule has 0 unspecified atom stereocenters. The van der Waals surface area contributed by atoms with Gasteiger partial charge in [0, 0.05) is 5.92 Å². The summed E-state index contributed by atoms with van der Waals surface area (Å²) in [6, 6.07) is 0. The van der Waals surface area contributed by atoms with Crippen LogP contribution >= 0.6 is 0 Å². The SMILES string of the molecule is CCC(F)(CC)C(=O)CC(=O)C1CCCCC1. The van der Waals surface area contributed by atoms with E-state index in [1.165, 1.54) is 6.42 Å². The summed E-state index contributed by atoms with van der Waals surface area (Å²) in [5, 5.41) is 0. The fraction of sp³-hybridized carbons (Fsp3) is 0.857. The molecule has 1 fully saturated rings. The molecular weight excluding hydrogens is 219 g/mol. The van der Waals surface area contributed by atoms with E-state index in [4.69, 9.17) is 0 Å². The lowest BCUT2D eigenvalue weighted by Gasteiger charge is -2.23. The van der Waals surface area contributed by atoms with Crippen LogP contribution in [0.4, 0.5) is 4.39 Å². The lowest BCUT2D eigenvalue weighted by molar-refractivity contribution is -0.137. The summed E-state index contributed by atoms with van der Waals surface area (Å²) in [7, 11) is 0. The molecule has 0 aliphatic heterocycles. The van der Waals surface area contributed by atoms with Crippen LogP contribution in [0.15, 0.2) is 0 Å². The maximum Gasteiger partial charge on any atom is 0.177 e. The Hall–Kier alpha value is -0.730. The van der Waals surface area contributed by atoms with Gasteiger partial charge in [-0.05, 0) is 25.7 Å². The molecule has 0 heterocycles. The molecule has 0 aromatic rings. The van der Waals surface area contributed by atoms with E-state index in [0.717, 1.165) is 25.7 Å². The van der Waals surface area contributed by atoms with Crippen LogP contribution in [0.25, 0.3) is 0 Å². The van der Waals surface area contributed by atoms with Gasteiger partial charge in [-0.1, -0.05) is 33.1 Å². The largest absolute Gasteiger partial charge is 0.299 e. The molecule has 3 heteroatoms. The van der Waals surface area contributed by atoms with Crippen LogP contribution in [0.3, 0.4) is 0 Å². The third kappa shape index (κ3) is 3.62. The predicted octanol–water partition coefficient (Wildman–Crippen LogP) is 3.62. The van der Waals surface area contributed by atoms with Gasteiger partial charge in [-0.25, -0.2) is 4.39 Å². The van der Waals surface area contributed by atoms with Crippen molar-refractivity contribution in [3.05, 3.63) is 0 Å².